The standard InChI is InChI=1S/C27H31N3O6/c1-34-21-7-4-19(5-8-21)25(31)28-24(27(33)29-12-2-3-13-29)18-10-14-30(15-11-18)26(32)20-6-9-22-23(16-20)36-17-35-22/h4-9,16,18,24H,2-3,10-15,17H2,1H3,(H,28,31)/t24-/m0/s1. The van der Waals surface area contributed by atoms with Crippen LogP contribution in [-0.2, 0) is 4.79 Å². The molecular weight excluding hydrogens is 462 g/mol. The van der Waals surface area contributed by atoms with Crippen LogP contribution in [0.25, 0.3) is 0 Å². The fraction of sp³-hybridized carbons (Fsp3) is 0.444. The number of hydrogen-bond acceptors (Lipinski definition) is 6. The minimum atomic E-state index is -0.625. The predicted molar refractivity (Wildman–Crippen MR) is 131 cm³/mol. The molecule has 9 nitrogen and oxygen atoms in total. The molecule has 3 heterocycles. The first-order valence-corrected chi connectivity index (χ1v) is 12.5. The maximum absolute atomic E-state index is 13.4. The molecule has 0 spiro atoms. The van der Waals surface area contributed by atoms with Crippen molar-refractivity contribution in [2.75, 3.05) is 40.1 Å². The number of amides is 3. The van der Waals surface area contributed by atoms with E-state index >= 15 is 0 Å². The van der Waals surface area contributed by atoms with E-state index in [0.29, 0.717) is 54.3 Å². The zero-order valence-electron chi connectivity index (χ0n) is 20.4. The molecule has 0 radical (unpaired) electrons. The van der Waals surface area contributed by atoms with Crippen LogP contribution in [0.1, 0.15) is 46.4 Å². The normalized spacial score (nSPS) is 18.1. The lowest BCUT2D eigenvalue weighted by molar-refractivity contribution is -0.134. The molecule has 9 heteroatoms. The third-order valence-corrected chi connectivity index (χ3v) is 7.24. The van der Waals surface area contributed by atoms with Crippen molar-refractivity contribution >= 4 is 17.7 Å². The van der Waals surface area contributed by atoms with Crippen LogP contribution in [0.15, 0.2) is 42.5 Å². The van der Waals surface area contributed by atoms with Gasteiger partial charge in [0, 0.05) is 37.3 Å². The molecule has 0 bridgehead atoms. The topological polar surface area (TPSA) is 97.4 Å². The van der Waals surface area contributed by atoms with E-state index in [0.717, 1.165) is 25.9 Å². The summed E-state index contributed by atoms with van der Waals surface area (Å²) in [6.45, 7) is 2.62. The van der Waals surface area contributed by atoms with Gasteiger partial charge >= 0.3 is 0 Å². The number of piperidine rings is 1. The average molecular weight is 494 g/mol. The minimum Gasteiger partial charge on any atom is -0.497 e. The third-order valence-electron chi connectivity index (χ3n) is 7.24. The van der Waals surface area contributed by atoms with Crippen molar-refractivity contribution in [3.63, 3.8) is 0 Å². The molecule has 0 unspecified atom stereocenters. The van der Waals surface area contributed by atoms with E-state index < -0.39 is 6.04 Å². The SMILES string of the molecule is COc1ccc(C(=O)N[C@H](C(=O)N2CCCC2)C2CCN(C(=O)c3ccc4c(c3)OCO4)CC2)cc1. The Bertz CT molecular complexity index is 1120. The van der Waals surface area contributed by atoms with Gasteiger partial charge in [-0.25, -0.2) is 0 Å². The molecule has 3 aliphatic heterocycles. The molecule has 3 amide bonds. The number of methoxy groups -OCH3 is 1. The van der Waals surface area contributed by atoms with Gasteiger partial charge in [0.05, 0.1) is 7.11 Å². The molecule has 0 aromatic heterocycles. The summed E-state index contributed by atoms with van der Waals surface area (Å²) in [5.41, 5.74) is 1.03. The first kappa shape index (κ1) is 24.0. The summed E-state index contributed by atoms with van der Waals surface area (Å²) < 4.78 is 15.9. The van der Waals surface area contributed by atoms with Crippen molar-refractivity contribution in [2.45, 2.75) is 31.7 Å². The van der Waals surface area contributed by atoms with Gasteiger partial charge in [0.2, 0.25) is 12.7 Å². The molecule has 5 rings (SSSR count). The summed E-state index contributed by atoms with van der Waals surface area (Å²) in [5.74, 6) is 1.44. The highest BCUT2D eigenvalue weighted by Crippen LogP contribution is 2.33. The lowest BCUT2D eigenvalue weighted by atomic mass is 9.88. The van der Waals surface area contributed by atoms with Crippen LogP contribution in [-0.4, -0.2) is 73.6 Å². The molecule has 0 aliphatic carbocycles. The number of benzene rings is 2. The lowest BCUT2D eigenvalue weighted by Crippen LogP contribution is -2.54. The number of carbonyl (C=O) groups is 3. The Morgan fingerprint density at radius 1 is 0.889 bits per heavy atom. The second-order valence-electron chi connectivity index (χ2n) is 9.41. The summed E-state index contributed by atoms with van der Waals surface area (Å²) in [6, 6.07) is 11.4. The number of rotatable bonds is 6. The van der Waals surface area contributed by atoms with Crippen LogP contribution < -0.4 is 19.5 Å². The first-order chi connectivity index (χ1) is 17.5. The number of likely N-dealkylation sites (tertiary alicyclic amines) is 2. The highest BCUT2D eigenvalue weighted by atomic mass is 16.7. The van der Waals surface area contributed by atoms with Gasteiger partial charge in [-0.15, -0.1) is 0 Å². The fourth-order valence-corrected chi connectivity index (χ4v) is 5.13. The maximum atomic E-state index is 13.4. The predicted octanol–water partition coefficient (Wildman–Crippen LogP) is 2.70. The Balaban J connectivity index is 1.26. The van der Waals surface area contributed by atoms with Crippen molar-refractivity contribution in [3.05, 3.63) is 53.6 Å². The largest absolute Gasteiger partial charge is 0.497 e. The molecule has 3 aliphatic rings. The molecule has 190 valence electrons. The second-order valence-corrected chi connectivity index (χ2v) is 9.41. The van der Waals surface area contributed by atoms with Gasteiger partial charge in [0.1, 0.15) is 11.8 Å². The van der Waals surface area contributed by atoms with Crippen molar-refractivity contribution < 1.29 is 28.6 Å². The van der Waals surface area contributed by atoms with E-state index in [1.807, 2.05) is 4.90 Å². The smallest absolute Gasteiger partial charge is 0.253 e. The zero-order valence-corrected chi connectivity index (χ0v) is 20.4. The summed E-state index contributed by atoms with van der Waals surface area (Å²) in [6.07, 6.45) is 3.22. The maximum Gasteiger partial charge on any atom is 0.253 e. The molecule has 0 saturated carbocycles. The van der Waals surface area contributed by atoms with Crippen molar-refractivity contribution in [2.24, 2.45) is 5.92 Å². The van der Waals surface area contributed by atoms with E-state index in [4.69, 9.17) is 14.2 Å². The average Bonchev–Trinajstić information content (AvgIpc) is 3.63. The Labute approximate surface area is 210 Å². The molecule has 2 aromatic carbocycles. The zero-order chi connectivity index (χ0) is 25.1. The number of hydrogen-bond donors (Lipinski definition) is 1. The van der Waals surface area contributed by atoms with Crippen LogP contribution in [0.4, 0.5) is 0 Å². The Hall–Kier alpha value is -3.75. The number of carbonyl (C=O) groups excluding carboxylic acids is 3. The molecule has 36 heavy (non-hydrogen) atoms. The van der Waals surface area contributed by atoms with Crippen LogP contribution in [0, 0.1) is 5.92 Å². The monoisotopic (exact) mass is 493 g/mol. The van der Waals surface area contributed by atoms with E-state index in [2.05, 4.69) is 5.32 Å². The minimum absolute atomic E-state index is 0.0325. The lowest BCUT2D eigenvalue weighted by Gasteiger charge is -2.37. The highest BCUT2D eigenvalue weighted by molar-refractivity contribution is 5.98. The number of ether oxygens (including phenoxy) is 3. The Morgan fingerprint density at radius 2 is 1.56 bits per heavy atom. The van der Waals surface area contributed by atoms with Crippen molar-refractivity contribution in [1.82, 2.24) is 15.1 Å². The summed E-state index contributed by atoms with van der Waals surface area (Å²) in [7, 11) is 1.57. The second kappa shape index (κ2) is 10.5. The van der Waals surface area contributed by atoms with Crippen LogP contribution in [0.2, 0.25) is 0 Å². The molecule has 1 N–H and O–H groups in total. The molecule has 1 atom stereocenters. The fourth-order valence-electron chi connectivity index (χ4n) is 5.13. The Kier molecular flexibility index (Phi) is 6.97. The number of nitrogens with one attached hydrogen (secondary N) is 1. The van der Waals surface area contributed by atoms with E-state index in [1.165, 1.54) is 0 Å². The van der Waals surface area contributed by atoms with Crippen LogP contribution in [0.3, 0.4) is 0 Å². The highest BCUT2D eigenvalue weighted by Gasteiger charge is 2.37. The van der Waals surface area contributed by atoms with Gasteiger partial charge in [0.15, 0.2) is 11.5 Å². The molecule has 2 fully saturated rings. The summed E-state index contributed by atoms with van der Waals surface area (Å²) in [5, 5.41) is 3.02. The van der Waals surface area contributed by atoms with Crippen molar-refractivity contribution in [3.8, 4) is 17.2 Å². The van der Waals surface area contributed by atoms with Crippen LogP contribution >= 0.6 is 0 Å². The summed E-state index contributed by atoms with van der Waals surface area (Å²) in [4.78, 5) is 43.3. The number of nitrogens with zero attached hydrogens (tertiary/aromatic N) is 2. The first-order valence-electron chi connectivity index (χ1n) is 12.5. The van der Waals surface area contributed by atoms with Gasteiger partial charge in [-0.3, -0.25) is 14.4 Å². The van der Waals surface area contributed by atoms with E-state index in [1.54, 1.807) is 54.5 Å². The molecular formula is C27H31N3O6. The summed E-state index contributed by atoms with van der Waals surface area (Å²) >= 11 is 0. The molecule has 2 aromatic rings. The third kappa shape index (κ3) is 4.96. The van der Waals surface area contributed by atoms with Gasteiger partial charge in [0.25, 0.3) is 11.8 Å². The Morgan fingerprint density at radius 3 is 2.25 bits per heavy atom. The van der Waals surface area contributed by atoms with Crippen LogP contribution in [0.5, 0.6) is 17.2 Å². The van der Waals surface area contributed by atoms with Gasteiger partial charge in [-0.05, 0) is 74.1 Å². The van der Waals surface area contributed by atoms with Crippen molar-refractivity contribution in [1.29, 1.82) is 0 Å². The quantitative estimate of drug-likeness (QED) is 0.665. The molecule has 2 saturated heterocycles. The van der Waals surface area contributed by atoms with Gasteiger partial charge < -0.3 is 29.3 Å². The number of fused-ring (bicyclic) bond motifs is 1. The van der Waals surface area contributed by atoms with E-state index in [-0.39, 0.29) is 30.4 Å². The van der Waals surface area contributed by atoms with Gasteiger partial charge in [-0.1, -0.05) is 0 Å². The van der Waals surface area contributed by atoms with E-state index in [9.17, 15) is 14.4 Å². The van der Waals surface area contributed by atoms with Gasteiger partial charge in [-0.2, -0.15) is 0 Å².